The average molecular weight is 241 g/mol. The molecule has 0 aromatic heterocycles. The molecule has 0 aromatic rings. The van der Waals surface area contributed by atoms with Crippen LogP contribution in [0.3, 0.4) is 0 Å². The summed E-state index contributed by atoms with van der Waals surface area (Å²) in [6.45, 7) is 7.38. The zero-order valence-corrected chi connectivity index (χ0v) is 11.5. The molecule has 1 saturated carbocycles. The van der Waals surface area contributed by atoms with Gasteiger partial charge in [-0.3, -0.25) is 4.79 Å². The first-order chi connectivity index (χ1) is 8.08. The van der Waals surface area contributed by atoms with Gasteiger partial charge in [-0.05, 0) is 38.6 Å². The van der Waals surface area contributed by atoms with E-state index in [1.165, 1.54) is 32.1 Å². The largest absolute Gasteiger partial charge is 0.462 e. The lowest BCUT2D eigenvalue weighted by atomic mass is 9.81. The predicted octanol–water partition coefficient (Wildman–Crippen LogP) is 2.74. The van der Waals surface area contributed by atoms with Crippen molar-refractivity contribution >= 4 is 5.97 Å². The normalized spacial score (nSPS) is 24.9. The van der Waals surface area contributed by atoms with Crippen molar-refractivity contribution in [3.05, 3.63) is 0 Å². The van der Waals surface area contributed by atoms with Crippen molar-refractivity contribution in [1.29, 1.82) is 0 Å². The van der Waals surface area contributed by atoms with Crippen LogP contribution >= 0.6 is 0 Å². The van der Waals surface area contributed by atoms with Gasteiger partial charge in [-0.25, -0.2) is 0 Å². The molecule has 0 bridgehead atoms. The highest BCUT2D eigenvalue weighted by Gasteiger charge is 2.17. The van der Waals surface area contributed by atoms with Gasteiger partial charge in [0, 0.05) is 0 Å². The molecule has 1 aliphatic rings. The Morgan fingerprint density at radius 3 is 2.53 bits per heavy atom. The minimum atomic E-state index is -0.141. The third kappa shape index (κ3) is 6.67. The molecule has 0 saturated heterocycles. The first-order valence-corrected chi connectivity index (χ1v) is 6.98. The van der Waals surface area contributed by atoms with Crippen molar-refractivity contribution in [2.45, 2.75) is 59.0 Å². The van der Waals surface area contributed by atoms with Crippen LogP contribution in [0.1, 0.15) is 52.9 Å². The Labute approximate surface area is 105 Å². The standard InChI is InChI=1S/C14H27NO2/c1-11(2)17-14(16)10-15-9-8-13-6-4-12(3)5-7-13/h11-13,15H,4-10H2,1-3H3. The van der Waals surface area contributed by atoms with Crippen LogP contribution in [0.4, 0.5) is 0 Å². The van der Waals surface area contributed by atoms with Gasteiger partial charge in [0.05, 0.1) is 12.6 Å². The summed E-state index contributed by atoms with van der Waals surface area (Å²) >= 11 is 0. The van der Waals surface area contributed by atoms with Crippen LogP contribution in [0, 0.1) is 11.8 Å². The monoisotopic (exact) mass is 241 g/mol. The molecule has 1 N–H and O–H groups in total. The van der Waals surface area contributed by atoms with E-state index < -0.39 is 0 Å². The van der Waals surface area contributed by atoms with Crippen LogP contribution < -0.4 is 5.32 Å². The zero-order chi connectivity index (χ0) is 12.7. The molecule has 100 valence electrons. The van der Waals surface area contributed by atoms with Crippen molar-refractivity contribution in [3.8, 4) is 0 Å². The number of nitrogens with one attached hydrogen (secondary N) is 1. The smallest absolute Gasteiger partial charge is 0.320 e. The highest BCUT2D eigenvalue weighted by molar-refractivity contribution is 5.71. The second-order valence-corrected chi connectivity index (χ2v) is 5.63. The maximum absolute atomic E-state index is 11.3. The van der Waals surface area contributed by atoms with Gasteiger partial charge in [0.2, 0.25) is 0 Å². The van der Waals surface area contributed by atoms with Gasteiger partial charge in [-0.2, -0.15) is 0 Å². The van der Waals surface area contributed by atoms with Crippen LogP contribution in [0.25, 0.3) is 0 Å². The lowest BCUT2D eigenvalue weighted by molar-refractivity contribution is -0.146. The molecule has 0 atom stereocenters. The fraction of sp³-hybridized carbons (Fsp3) is 0.929. The first kappa shape index (κ1) is 14.5. The minimum Gasteiger partial charge on any atom is -0.462 e. The Balaban J connectivity index is 1.99. The second-order valence-electron chi connectivity index (χ2n) is 5.63. The molecule has 0 heterocycles. The fourth-order valence-electron chi connectivity index (χ4n) is 2.42. The predicted molar refractivity (Wildman–Crippen MR) is 69.8 cm³/mol. The fourth-order valence-corrected chi connectivity index (χ4v) is 2.42. The van der Waals surface area contributed by atoms with Gasteiger partial charge in [0.25, 0.3) is 0 Å². The topological polar surface area (TPSA) is 38.3 Å². The first-order valence-electron chi connectivity index (χ1n) is 6.98. The lowest BCUT2D eigenvalue weighted by Gasteiger charge is -2.26. The molecule has 0 amide bonds. The van der Waals surface area contributed by atoms with Crippen LogP contribution in [-0.2, 0) is 9.53 Å². The van der Waals surface area contributed by atoms with Gasteiger partial charge >= 0.3 is 5.97 Å². The molecular formula is C14H27NO2. The Morgan fingerprint density at radius 1 is 1.29 bits per heavy atom. The Kier molecular flexibility index (Phi) is 6.56. The summed E-state index contributed by atoms with van der Waals surface area (Å²) in [5.41, 5.74) is 0. The number of carbonyl (C=O) groups excluding carboxylic acids is 1. The van der Waals surface area contributed by atoms with Crippen LogP contribution in [0.15, 0.2) is 0 Å². The van der Waals surface area contributed by atoms with E-state index >= 15 is 0 Å². The molecule has 0 unspecified atom stereocenters. The Hall–Kier alpha value is -0.570. The lowest BCUT2D eigenvalue weighted by Crippen LogP contribution is -2.28. The van der Waals surface area contributed by atoms with E-state index in [9.17, 15) is 4.79 Å². The van der Waals surface area contributed by atoms with Crippen LogP contribution in [-0.4, -0.2) is 25.2 Å². The third-order valence-corrected chi connectivity index (χ3v) is 3.50. The summed E-state index contributed by atoms with van der Waals surface area (Å²) in [5, 5.41) is 3.17. The van der Waals surface area contributed by atoms with Gasteiger partial charge in [-0.15, -0.1) is 0 Å². The molecule has 3 nitrogen and oxygen atoms in total. The quantitative estimate of drug-likeness (QED) is 0.574. The zero-order valence-electron chi connectivity index (χ0n) is 11.5. The van der Waals surface area contributed by atoms with E-state index in [1.54, 1.807) is 0 Å². The third-order valence-electron chi connectivity index (χ3n) is 3.50. The maximum atomic E-state index is 11.3. The minimum absolute atomic E-state index is 0.0101. The van der Waals surface area contributed by atoms with Crippen molar-refractivity contribution in [2.75, 3.05) is 13.1 Å². The molecule has 1 aliphatic carbocycles. The summed E-state index contributed by atoms with van der Waals surface area (Å²) in [6, 6.07) is 0. The number of ether oxygens (including phenoxy) is 1. The SMILES string of the molecule is CC1CCC(CCNCC(=O)OC(C)C)CC1. The molecule has 1 rings (SSSR count). The molecule has 0 aromatic carbocycles. The maximum Gasteiger partial charge on any atom is 0.320 e. The summed E-state index contributed by atoms with van der Waals surface area (Å²) in [7, 11) is 0. The van der Waals surface area contributed by atoms with Gasteiger partial charge in [-0.1, -0.05) is 32.6 Å². The highest BCUT2D eigenvalue weighted by Crippen LogP contribution is 2.29. The highest BCUT2D eigenvalue weighted by atomic mass is 16.5. The van der Waals surface area contributed by atoms with E-state index in [0.29, 0.717) is 6.54 Å². The number of esters is 1. The molecule has 0 radical (unpaired) electrons. The molecule has 0 spiro atoms. The van der Waals surface area contributed by atoms with E-state index in [1.807, 2.05) is 13.8 Å². The van der Waals surface area contributed by atoms with Gasteiger partial charge in [0.1, 0.15) is 0 Å². The van der Waals surface area contributed by atoms with E-state index in [-0.39, 0.29) is 12.1 Å². The van der Waals surface area contributed by atoms with Gasteiger partial charge < -0.3 is 10.1 Å². The molecule has 1 fully saturated rings. The van der Waals surface area contributed by atoms with E-state index in [2.05, 4.69) is 12.2 Å². The summed E-state index contributed by atoms with van der Waals surface area (Å²) in [4.78, 5) is 11.3. The average Bonchev–Trinajstić information content (AvgIpc) is 2.26. The van der Waals surface area contributed by atoms with E-state index in [0.717, 1.165) is 18.4 Å². The Morgan fingerprint density at radius 2 is 1.94 bits per heavy atom. The van der Waals surface area contributed by atoms with Crippen molar-refractivity contribution < 1.29 is 9.53 Å². The van der Waals surface area contributed by atoms with E-state index in [4.69, 9.17) is 4.74 Å². The second kappa shape index (κ2) is 7.70. The Bertz CT molecular complexity index is 220. The number of carbonyl (C=O) groups is 1. The number of rotatable bonds is 6. The molecule has 0 aliphatic heterocycles. The molecular weight excluding hydrogens is 214 g/mol. The molecule has 3 heteroatoms. The van der Waals surface area contributed by atoms with Crippen LogP contribution in [0.2, 0.25) is 0 Å². The van der Waals surface area contributed by atoms with Crippen molar-refractivity contribution in [2.24, 2.45) is 11.8 Å². The molecule has 17 heavy (non-hydrogen) atoms. The number of hydrogen-bond donors (Lipinski definition) is 1. The van der Waals surface area contributed by atoms with Crippen molar-refractivity contribution in [3.63, 3.8) is 0 Å². The summed E-state index contributed by atoms with van der Waals surface area (Å²) in [6.07, 6.45) is 6.66. The summed E-state index contributed by atoms with van der Waals surface area (Å²) in [5.74, 6) is 1.64. The summed E-state index contributed by atoms with van der Waals surface area (Å²) < 4.78 is 5.05. The van der Waals surface area contributed by atoms with Crippen molar-refractivity contribution in [1.82, 2.24) is 5.32 Å². The van der Waals surface area contributed by atoms with Crippen LogP contribution in [0.5, 0.6) is 0 Å². The van der Waals surface area contributed by atoms with Gasteiger partial charge in [0.15, 0.2) is 0 Å². The number of hydrogen-bond acceptors (Lipinski definition) is 3.